The summed E-state index contributed by atoms with van der Waals surface area (Å²) >= 11 is 0. The van der Waals surface area contributed by atoms with Crippen LogP contribution in [0.3, 0.4) is 0 Å². The van der Waals surface area contributed by atoms with Gasteiger partial charge in [0, 0.05) is 34.9 Å². The van der Waals surface area contributed by atoms with Crippen LogP contribution in [0.25, 0.3) is 27.7 Å². The number of Topliss-reactive ketones (excluding diaryl/α,β-unsaturated/α-hetero) is 1. The molecule has 0 spiro atoms. The van der Waals surface area contributed by atoms with Gasteiger partial charge in [-0.05, 0) is 99.4 Å². The van der Waals surface area contributed by atoms with Crippen LogP contribution in [-0.4, -0.2) is 58.7 Å². The number of nitrogens with zero attached hydrogens (tertiary/aromatic N) is 6. The first-order valence-electron chi connectivity index (χ1n) is 15.8. The summed E-state index contributed by atoms with van der Waals surface area (Å²) in [6.07, 6.45) is 0.702. The fraction of sp³-hybridized carbons (Fsp3) is 0.371. The Morgan fingerprint density at radius 3 is 2.50 bits per heavy atom. The van der Waals surface area contributed by atoms with Crippen molar-refractivity contribution in [3.63, 3.8) is 0 Å². The van der Waals surface area contributed by atoms with Crippen molar-refractivity contribution in [2.75, 3.05) is 5.32 Å². The normalized spacial score (nSPS) is 20.6. The van der Waals surface area contributed by atoms with Crippen LogP contribution in [0.4, 0.5) is 19.0 Å². The van der Waals surface area contributed by atoms with E-state index >= 15 is 0 Å². The molecule has 2 fully saturated rings. The molecule has 2 aliphatic rings. The van der Waals surface area contributed by atoms with Crippen molar-refractivity contribution in [3.05, 3.63) is 77.0 Å². The molecule has 13 heteroatoms. The van der Waals surface area contributed by atoms with Gasteiger partial charge in [-0.2, -0.15) is 18.3 Å². The van der Waals surface area contributed by atoms with E-state index in [-0.39, 0.29) is 35.5 Å². The molecule has 2 amide bonds. The van der Waals surface area contributed by atoms with Gasteiger partial charge in [0.2, 0.25) is 11.8 Å². The second-order valence-electron chi connectivity index (χ2n) is 13.4. The van der Waals surface area contributed by atoms with E-state index in [0.29, 0.717) is 35.2 Å². The van der Waals surface area contributed by atoms with Crippen molar-refractivity contribution in [1.82, 2.24) is 29.0 Å². The summed E-state index contributed by atoms with van der Waals surface area (Å²) in [6, 6.07) is 8.83. The number of pyridine rings is 2. The van der Waals surface area contributed by atoms with E-state index in [0.717, 1.165) is 40.3 Å². The molecule has 1 aliphatic heterocycles. The third-order valence-corrected chi connectivity index (χ3v) is 9.80. The maximum absolute atomic E-state index is 14.2. The Morgan fingerprint density at radius 2 is 1.77 bits per heavy atom. The SMILES string of the molecule is CC(=O)c1cn(CC(=O)N2[C@H](C(=O)Nc3nc(C(F)(F)F)ccc3C)CC[C@@]3(C)C[C@@H]23)c2c(C)cc(-c3ccc4nc(C)nn4c3)cc12. The number of anilines is 1. The topological polar surface area (TPSA) is 114 Å². The van der Waals surface area contributed by atoms with Crippen molar-refractivity contribution < 1.29 is 27.6 Å². The molecule has 1 aliphatic carbocycles. The molecule has 1 saturated heterocycles. The summed E-state index contributed by atoms with van der Waals surface area (Å²) in [5, 5.41) is 7.70. The average molecular weight is 658 g/mol. The monoisotopic (exact) mass is 657 g/mol. The third-order valence-electron chi connectivity index (χ3n) is 9.80. The molecule has 0 bridgehead atoms. The maximum Gasteiger partial charge on any atom is 0.433 e. The van der Waals surface area contributed by atoms with Crippen molar-refractivity contribution >= 4 is 40.0 Å². The molecule has 1 aromatic carbocycles. The van der Waals surface area contributed by atoms with Gasteiger partial charge < -0.3 is 14.8 Å². The van der Waals surface area contributed by atoms with Crippen molar-refractivity contribution in [2.45, 2.75) is 78.7 Å². The van der Waals surface area contributed by atoms with Crippen LogP contribution in [0.5, 0.6) is 0 Å². The highest BCUT2D eigenvalue weighted by Gasteiger charge is 2.60. The molecule has 10 nitrogen and oxygen atoms in total. The van der Waals surface area contributed by atoms with Gasteiger partial charge in [0.05, 0.1) is 5.52 Å². The molecule has 248 valence electrons. The Balaban J connectivity index is 1.21. The molecule has 48 heavy (non-hydrogen) atoms. The highest BCUT2D eigenvalue weighted by Crippen LogP contribution is 2.57. The Bertz CT molecular complexity index is 2170. The zero-order chi connectivity index (χ0) is 34.3. The van der Waals surface area contributed by atoms with Gasteiger partial charge in [0.25, 0.3) is 0 Å². The van der Waals surface area contributed by atoms with Crippen molar-refractivity contribution in [3.8, 4) is 11.1 Å². The Morgan fingerprint density at radius 1 is 1.00 bits per heavy atom. The van der Waals surface area contributed by atoms with Crippen LogP contribution in [0.2, 0.25) is 0 Å². The molecule has 0 unspecified atom stereocenters. The lowest BCUT2D eigenvalue weighted by atomic mass is 9.92. The molecule has 0 radical (unpaired) electrons. The number of hydrogen-bond acceptors (Lipinski definition) is 6. The second-order valence-corrected chi connectivity index (χ2v) is 13.4. The molecule has 1 saturated carbocycles. The molecular formula is C35H34F3N7O3. The number of carbonyl (C=O) groups excluding carboxylic acids is 3. The first-order chi connectivity index (χ1) is 22.6. The summed E-state index contributed by atoms with van der Waals surface area (Å²) < 4.78 is 43.6. The highest BCUT2D eigenvalue weighted by atomic mass is 19.4. The third kappa shape index (κ3) is 5.40. The number of ketones is 1. The Kier molecular flexibility index (Phi) is 7.22. The number of amides is 2. The number of benzene rings is 1. The molecule has 5 aromatic rings. The van der Waals surface area contributed by atoms with E-state index < -0.39 is 23.8 Å². The summed E-state index contributed by atoms with van der Waals surface area (Å²) in [7, 11) is 0. The van der Waals surface area contributed by atoms with Crippen LogP contribution in [0, 0.1) is 26.2 Å². The first kappa shape index (κ1) is 31.5. The number of piperidine rings is 1. The molecule has 1 N–H and O–H groups in total. The van der Waals surface area contributed by atoms with Gasteiger partial charge in [0.1, 0.15) is 29.9 Å². The smallest absolute Gasteiger partial charge is 0.337 e. The summed E-state index contributed by atoms with van der Waals surface area (Å²) in [6.45, 7) is 8.75. The number of likely N-dealkylation sites (tertiary alicyclic amines) is 1. The fourth-order valence-electron chi connectivity index (χ4n) is 7.15. The number of alkyl halides is 3. The van der Waals surface area contributed by atoms with Gasteiger partial charge >= 0.3 is 6.18 Å². The van der Waals surface area contributed by atoms with Crippen LogP contribution in [-0.2, 0) is 22.3 Å². The largest absolute Gasteiger partial charge is 0.433 e. The Labute approximate surface area is 274 Å². The van der Waals surface area contributed by atoms with E-state index in [1.165, 1.54) is 13.0 Å². The number of aryl methyl sites for hydroxylation is 3. The summed E-state index contributed by atoms with van der Waals surface area (Å²) in [4.78, 5) is 50.3. The second kappa shape index (κ2) is 11.0. The standard InChI is InChI=1S/C35H34F3N7O3/c1-18-6-8-27(35(36,37)38)40-32(18)41-33(48)26-10-11-34(5)14-28(34)45(26)30(47)17-43-16-25(20(3)46)24-13-23(12-19(2)31(24)43)22-7-9-29-39-21(4)42-44(29)15-22/h6-9,12-13,15-16,26,28H,10-11,14,17H2,1-5H3,(H,40,41,48)/t26-,28+,34-/m0/s1. The van der Waals surface area contributed by atoms with Crippen LogP contribution in [0.1, 0.15) is 66.1 Å². The number of rotatable bonds is 6. The number of fused-ring (bicyclic) bond motifs is 3. The Hall–Kier alpha value is -5.07. The van der Waals surface area contributed by atoms with E-state index in [9.17, 15) is 27.6 Å². The van der Waals surface area contributed by atoms with Gasteiger partial charge in [-0.1, -0.05) is 13.0 Å². The van der Waals surface area contributed by atoms with Gasteiger partial charge in [-0.15, -0.1) is 0 Å². The summed E-state index contributed by atoms with van der Waals surface area (Å²) in [5.41, 5.74) is 3.68. The molecule has 5 heterocycles. The minimum absolute atomic E-state index is 0.120. The van der Waals surface area contributed by atoms with Crippen LogP contribution in [0.15, 0.2) is 48.8 Å². The number of carbonyl (C=O) groups is 3. The zero-order valence-electron chi connectivity index (χ0n) is 27.1. The molecule has 4 aromatic heterocycles. The van der Waals surface area contributed by atoms with Crippen LogP contribution < -0.4 is 5.32 Å². The number of halogens is 3. The summed E-state index contributed by atoms with van der Waals surface area (Å²) in [5.74, 6) is -0.562. The van der Waals surface area contributed by atoms with E-state index in [4.69, 9.17) is 0 Å². The van der Waals surface area contributed by atoms with E-state index in [1.54, 1.807) is 27.1 Å². The van der Waals surface area contributed by atoms with Gasteiger partial charge in [-0.3, -0.25) is 14.4 Å². The lowest BCUT2D eigenvalue weighted by Crippen LogP contribution is -2.53. The van der Waals surface area contributed by atoms with E-state index in [1.807, 2.05) is 44.3 Å². The van der Waals surface area contributed by atoms with E-state index in [2.05, 4.69) is 27.3 Å². The predicted octanol–water partition coefficient (Wildman–Crippen LogP) is 6.30. The first-order valence-corrected chi connectivity index (χ1v) is 15.8. The van der Waals surface area contributed by atoms with Crippen LogP contribution >= 0.6 is 0 Å². The highest BCUT2D eigenvalue weighted by molar-refractivity contribution is 6.09. The number of nitrogens with one attached hydrogen (secondary N) is 1. The number of hydrogen-bond donors (Lipinski definition) is 1. The lowest BCUT2D eigenvalue weighted by molar-refractivity contribution is -0.142. The maximum atomic E-state index is 14.2. The minimum Gasteiger partial charge on any atom is -0.337 e. The molecule has 3 atom stereocenters. The fourth-order valence-corrected chi connectivity index (χ4v) is 7.15. The quantitative estimate of drug-likeness (QED) is 0.215. The van der Waals surface area contributed by atoms with Gasteiger partial charge in [0.15, 0.2) is 11.4 Å². The average Bonchev–Trinajstić information content (AvgIpc) is 3.35. The molecule has 7 rings (SSSR count). The number of aromatic nitrogens is 5. The van der Waals surface area contributed by atoms with Gasteiger partial charge in [-0.25, -0.2) is 14.5 Å². The molecular weight excluding hydrogens is 623 g/mol. The lowest BCUT2D eigenvalue weighted by Gasteiger charge is -2.37. The van der Waals surface area contributed by atoms with Crippen molar-refractivity contribution in [2.24, 2.45) is 5.41 Å². The predicted molar refractivity (Wildman–Crippen MR) is 172 cm³/mol. The van der Waals surface area contributed by atoms with Crippen molar-refractivity contribution in [1.29, 1.82) is 0 Å². The minimum atomic E-state index is -4.67. The zero-order valence-corrected chi connectivity index (χ0v) is 27.1.